The van der Waals surface area contributed by atoms with Gasteiger partial charge in [0.05, 0.1) is 11.9 Å². The summed E-state index contributed by atoms with van der Waals surface area (Å²) in [7, 11) is 0. The monoisotopic (exact) mass is 331 g/mol. The van der Waals surface area contributed by atoms with Crippen LogP contribution in [-0.4, -0.2) is 24.0 Å². The van der Waals surface area contributed by atoms with Gasteiger partial charge in [-0.25, -0.2) is 13.8 Å². The lowest BCUT2D eigenvalue weighted by atomic mass is 10.2. The highest BCUT2D eigenvalue weighted by molar-refractivity contribution is 6.03. The number of carbonyl (C=O) groups is 1. The first-order valence-corrected chi connectivity index (χ1v) is 8.11. The van der Waals surface area contributed by atoms with Crippen LogP contribution in [0.4, 0.5) is 20.2 Å². The molecule has 3 rings (SSSR count). The van der Waals surface area contributed by atoms with Crippen molar-refractivity contribution in [1.29, 1.82) is 0 Å². The van der Waals surface area contributed by atoms with Gasteiger partial charge in [0.2, 0.25) is 0 Å². The molecule has 24 heavy (non-hydrogen) atoms. The Morgan fingerprint density at radius 3 is 2.25 bits per heavy atom. The third kappa shape index (κ3) is 3.69. The fourth-order valence-electron chi connectivity index (χ4n) is 2.83. The Bertz CT molecular complexity index is 690. The maximum absolute atomic E-state index is 13.6. The Hall–Kier alpha value is -2.50. The normalized spacial score (nSPS) is 15.0. The van der Waals surface area contributed by atoms with Crippen LogP contribution in [0.15, 0.2) is 36.5 Å². The van der Waals surface area contributed by atoms with Gasteiger partial charge in [-0.3, -0.25) is 4.79 Å². The number of nitrogens with one attached hydrogen (secondary N) is 1. The average Bonchev–Trinajstić information content (AvgIpc) is 2.88. The summed E-state index contributed by atoms with van der Waals surface area (Å²) in [6.07, 6.45) is 6.40. The van der Waals surface area contributed by atoms with E-state index in [9.17, 15) is 13.6 Å². The molecule has 1 aliphatic rings. The molecule has 0 unspecified atom stereocenters. The molecule has 0 spiro atoms. The molecule has 1 aliphatic heterocycles. The van der Waals surface area contributed by atoms with Gasteiger partial charge in [0, 0.05) is 13.1 Å². The topological polar surface area (TPSA) is 45.2 Å². The lowest BCUT2D eigenvalue weighted by molar-refractivity contribution is 0.102. The fraction of sp³-hybridized carbons (Fsp3) is 0.333. The number of anilines is 2. The standard InChI is InChI=1S/C18H19F2N3O/c19-14-6-5-7-15(20)17(14)22-18(24)16-9-8-13(12-21-16)23-10-3-1-2-4-11-23/h5-9,12H,1-4,10-11H2,(H,22,24). The van der Waals surface area contributed by atoms with Crippen LogP contribution in [0.1, 0.15) is 36.2 Å². The second kappa shape index (κ2) is 7.38. The van der Waals surface area contributed by atoms with E-state index in [4.69, 9.17) is 0 Å². The molecule has 0 saturated carbocycles. The number of amides is 1. The van der Waals surface area contributed by atoms with E-state index in [2.05, 4.69) is 15.2 Å². The summed E-state index contributed by atoms with van der Waals surface area (Å²) in [6.45, 7) is 1.96. The van der Waals surface area contributed by atoms with Gasteiger partial charge in [-0.2, -0.15) is 0 Å². The molecule has 0 aliphatic carbocycles. The van der Waals surface area contributed by atoms with Crippen LogP contribution in [0, 0.1) is 11.6 Å². The molecule has 126 valence electrons. The van der Waals surface area contributed by atoms with Gasteiger partial charge in [0.25, 0.3) is 5.91 Å². The second-order valence-corrected chi connectivity index (χ2v) is 5.85. The zero-order valence-corrected chi connectivity index (χ0v) is 13.3. The number of aromatic nitrogens is 1. The summed E-state index contributed by atoms with van der Waals surface area (Å²) in [6, 6.07) is 6.83. The molecule has 1 aromatic carbocycles. The highest BCUT2D eigenvalue weighted by Gasteiger charge is 2.15. The lowest BCUT2D eigenvalue weighted by Crippen LogP contribution is -2.24. The summed E-state index contributed by atoms with van der Waals surface area (Å²) in [5.41, 5.74) is 0.627. The van der Waals surface area contributed by atoms with E-state index in [0.717, 1.165) is 43.8 Å². The largest absolute Gasteiger partial charge is 0.370 e. The van der Waals surface area contributed by atoms with Crippen LogP contribution in [-0.2, 0) is 0 Å². The third-order valence-electron chi connectivity index (χ3n) is 4.15. The van der Waals surface area contributed by atoms with Crippen molar-refractivity contribution in [3.63, 3.8) is 0 Å². The maximum atomic E-state index is 13.6. The van der Waals surface area contributed by atoms with Crippen LogP contribution in [0.5, 0.6) is 0 Å². The summed E-state index contributed by atoms with van der Waals surface area (Å²) in [4.78, 5) is 18.5. The van der Waals surface area contributed by atoms with E-state index >= 15 is 0 Å². The molecule has 1 fully saturated rings. The van der Waals surface area contributed by atoms with Gasteiger partial charge >= 0.3 is 0 Å². The van der Waals surface area contributed by atoms with Crippen LogP contribution in [0.3, 0.4) is 0 Å². The van der Waals surface area contributed by atoms with Gasteiger partial charge < -0.3 is 10.2 Å². The van der Waals surface area contributed by atoms with E-state index in [1.807, 2.05) is 6.07 Å². The molecule has 1 saturated heterocycles. The Morgan fingerprint density at radius 1 is 1.00 bits per heavy atom. The van der Waals surface area contributed by atoms with E-state index in [1.165, 1.54) is 18.9 Å². The SMILES string of the molecule is O=C(Nc1c(F)cccc1F)c1ccc(N2CCCCCC2)cn1. The molecular formula is C18H19F2N3O. The molecule has 1 N–H and O–H groups in total. The lowest BCUT2D eigenvalue weighted by Gasteiger charge is -2.22. The smallest absolute Gasteiger partial charge is 0.274 e. The van der Waals surface area contributed by atoms with Crippen LogP contribution in [0.2, 0.25) is 0 Å². The molecule has 1 aromatic heterocycles. The predicted octanol–water partition coefficient (Wildman–Crippen LogP) is 3.99. The summed E-state index contributed by atoms with van der Waals surface area (Å²) < 4.78 is 27.2. The van der Waals surface area contributed by atoms with Gasteiger partial charge in [-0.15, -0.1) is 0 Å². The Morgan fingerprint density at radius 2 is 1.67 bits per heavy atom. The van der Waals surface area contributed by atoms with Crippen molar-refractivity contribution in [1.82, 2.24) is 4.98 Å². The highest BCUT2D eigenvalue weighted by atomic mass is 19.1. The molecule has 0 atom stereocenters. The number of rotatable bonds is 3. The molecular weight excluding hydrogens is 312 g/mol. The van der Waals surface area contributed by atoms with Gasteiger partial charge in [0.15, 0.2) is 0 Å². The predicted molar refractivity (Wildman–Crippen MR) is 89.2 cm³/mol. The quantitative estimate of drug-likeness (QED) is 0.925. The molecule has 4 nitrogen and oxygen atoms in total. The zero-order valence-electron chi connectivity index (χ0n) is 13.3. The van der Waals surface area contributed by atoms with Crippen molar-refractivity contribution in [3.05, 3.63) is 53.9 Å². The van der Waals surface area contributed by atoms with E-state index in [1.54, 1.807) is 12.3 Å². The third-order valence-corrected chi connectivity index (χ3v) is 4.15. The number of nitrogens with zero attached hydrogens (tertiary/aromatic N) is 2. The minimum atomic E-state index is -0.815. The Labute approximate surface area is 139 Å². The number of para-hydroxylation sites is 1. The first-order chi connectivity index (χ1) is 11.6. The first kappa shape index (κ1) is 16.4. The molecule has 1 amide bonds. The van der Waals surface area contributed by atoms with Crippen LogP contribution < -0.4 is 10.2 Å². The van der Waals surface area contributed by atoms with Crippen molar-refractivity contribution in [2.24, 2.45) is 0 Å². The van der Waals surface area contributed by atoms with Gasteiger partial charge in [-0.05, 0) is 37.1 Å². The van der Waals surface area contributed by atoms with Crippen LogP contribution in [0.25, 0.3) is 0 Å². The number of pyridine rings is 1. The molecule has 0 radical (unpaired) electrons. The summed E-state index contributed by atoms with van der Waals surface area (Å²) >= 11 is 0. The second-order valence-electron chi connectivity index (χ2n) is 5.85. The van der Waals surface area contributed by atoms with Crippen molar-refractivity contribution in [3.8, 4) is 0 Å². The van der Waals surface area contributed by atoms with E-state index < -0.39 is 23.2 Å². The van der Waals surface area contributed by atoms with Gasteiger partial charge in [-0.1, -0.05) is 18.9 Å². The van der Waals surface area contributed by atoms with Crippen molar-refractivity contribution >= 4 is 17.3 Å². The van der Waals surface area contributed by atoms with E-state index in [-0.39, 0.29) is 5.69 Å². The first-order valence-electron chi connectivity index (χ1n) is 8.11. The van der Waals surface area contributed by atoms with Crippen molar-refractivity contribution < 1.29 is 13.6 Å². The average molecular weight is 331 g/mol. The minimum Gasteiger partial charge on any atom is -0.370 e. The Balaban J connectivity index is 1.72. The van der Waals surface area contributed by atoms with E-state index in [0.29, 0.717) is 0 Å². The molecule has 2 heterocycles. The summed E-state index contributed by atoms with van der Waals surface area (Å²) in [5.74, 6) is -2.27. The van der Waals surface area contributed by atoms with Gasteiger partial charge in [0.1, 0.15) is 23.0 Å². The number of hydrogen-bond donors (Lipinski definition) is 1. The highest BCUT2D eigenvalue weighted by Crippen LogP contribution is 2.21. The van der Waals surface area contributed by atoms with Crippen molar-refractivity contribution in [2.75, 3.05) is 23.3 Å². The number of carbonyl (C=O) groups excluding carboxylic acids is 1. The molecule has 0 bridgehead atoms. The molecule has 2 aromatic rings. The minimum absolute atomic E-state index is 0.122. The summed E-state index contributed by atoms with van der Waals surface area (Å²) in [5, 5.41) is 2.24. The molecule has 6 heteroatoms. The number of hydrogen-bond acceptors (Lipinski definition) is 3. The zero-order chi connectivity index (χ0) is 16.9. The van der Waals surface area contributed by atoms with Crippen LogP contribution >= 0.6 is 0 Å². The number of benzene rings is 1. The maximum Gasteiger partial charge on any atom is 0.274 e. The Kier molecular flexibility index (Phi) is 5.03. The van der Waals surface area contributed by atoms with Crippen molar-refractivity contribution in [2.45, 2.75) is 25.7 Å². The fourth-order valence-corrected chi connectivity index (χ4v) is 2.83. The number of halogens is 2.